The number of Topliss-reactive ketones (excluding diaryl/α,β-unsaturated/α-hetero) is 1. The molecule has 0 unspecified atom stereocenters. The van der Waals surface area contributed by atoms with E-state index in [2.05, 4.69) is 31.4 Å². The number of benzene rings is 1. The van der Waals surface area contributed by atoms with E-state index in [0.29, 0.717) is 36.7 Å². The number of aromatic amines is 1. The van der Waals surface area contributed by atoms with Crippen molar-refractivity contribution in [1.82, 2.24) is 25.3 Å². The van der Waals surface area contributed by atoms with Gasteiger partial charge in [-0.1, -0.05) is 11.2 Å². The molecule has 31 heavy (non-hydrogen) atoms. The van der Waals surface area contributed by atoms with Crippen LogP contribution in [0.4, 0.5) is 0 Å². The molecule has 154 valence electrons. The third-order valence-corrected chi connectivity index (χ3v) is 5.34. The van der Waals surface area contributed by atoms with E-state index in [0.717, 1.165) is 39.0 Å². The van der Waals surface area contributed by atoms with Gasteiger partial charge in [0, 0.05) is 35.5 Å². The Morgan fingerprint density at radius 3 is 2.84 bits per heavy atom. The van der Waals surface area contributed by atoms with Gasteiger partial charge in [-0.3, -0.25) is 4.79 Å². The van der Waals surface area contributed by atoms with Crippen molar-refractivity contribution < 1.29 is 9.32 Å². The van der Waals surface area contributed by atoms with Crippen molar-refractivity contribution in [3.8, 4) is 11.6 Å². The lowest BCUT2D eigenvalue weighted by molar-refractivity contribution is -0.113. The lowest BCUT2D eigenvalue weighted by Crippen LogP contribution is -2.13. The molecule has 1 aliphatic rings. The van der Waals surface area contributed by atoms with Crippen molar-refractivity contribution in [3.05, 3.63) is 65.2 Å². The van der Waals surface area contributed by atoms with Crippen molar-refractivity contribution in [3.63, 3.8) is 0 Å². The number of aryl methyl sites for hydroxylation is 2. The average Bonchev–Trinajstić information content (AvgIpc) is 3.50. The number of carbonyl (C=O) groups is 1. The Morgan fingerprint density at radius 2 is 2.06 bits per heavy atom. The van der Waals surface area contributed by atoms with Gasteiger partial charge in [-0.25, -0.2) is 4.99 Å². The first-order valence-electron chi connectivity index (χ1n) is 10.1. The van der Waals surface area contributed by atoms with Crippen molar-refractivity contribution in [2.45, 2.75) is 33.1 Å². The Bertz CT molecular complexity index is 1350. The smallest absolute Gasteiger partial charge is 0.274 e. The van der Waals surface area contributed by atoms with Crippen LogP contribution in [0.3, 0.4) is 0 Å². The predicted octanol–water partition coefficient (Wildman–Crippen LogP) is 4.09. The number of aliphatic imine (C=N–C) groups is 1. The van der Waals surface area contributed by atoms with E-state index in [9.17, 15) is 4.79 Å². The number of ketones is 1. The molecule has 0 bridgehead atoms. The summed E-state index contributed by atoms with van der Waals surface area (Å²) in [5.41, 5.74) is 6.30. The number of rotatable bonds is 6. The Morgan fingerprint density at radius 1 is 1.16 bits per heavy atom. The SMILES string of the molecule is CC1=C(c2ccc3[nH]c(-c4nc(C)no4)cc3c2)N=C(C(=O)CCc2ccnnc2)C1. The van der Waals surface area contributed by atoms with Gasteiger partial charge in [0.05, 0.1) is 17.6 Å². The topological polar surface area (TPSA) is 110 Å². The van der Waals surface area contributed by atoms with Gasteiger partial charge in [0.1, 0.15) is 5.69 Å². The van der Waals surface area contributed by atoms with Crippen LogP contribution in [0.15, 0.2) is 57.8 Å². The van der Waals surface area contributed by atoms with Gasteiger partial charge in [0.2, 0.25) is 0 Å². The summed E-state index contributed by atoms with van der Waals surface area (Å²) in [6.07, 6.45) is 4.96. The first kappa shape index (κ1) is 19.0. The van der Waals surface area contributed by atoms with Gasteiger partial charge in [0.25, 0.3) is 5.89 Å². The maximum Gasteiger partial charge on any atom is 0.274 e. The summed E-state index contributed by atoms with van der Waals surface area (Å²) in [6.45, 7) is 3.81. The Kier molecular flexibility index (Phi) is 4.74. The number of fused-ring (bicyclic) bond motifs is 1. The zero-order valence-electron chi connectivity index (χ0n) is 17.2. The van der Waals surface area contributed by atoms with Crippen molar-refractivity contribution in [2.24, 2.45) is 4.99 Å². The number of allylic oxidation sites excluding steroid dienone is 1. The lowest BCUT2D eigenvalue weighted by Gasteiger charge is -2.02. The van der Waals surface area contributed by atoms with Gasteiger partial charge < -0.3 is 9.51 Å². The number of nitrogens with one attached hydrogen (secondary N) is 1. The molecule has 8 nitrogen and oxygen atoms in total. The summed E-state index contributed by atoms with van der Waals surface area (Å²) < 4.78 is 5.25. The van der Waals surface area contributed by atoms with Gasteiger partial charge in [0.15, 0.2) is 11.6 Å². The number of H-pyrrole nitrogens is 1. The van der Waals surface area contributed by atoms with Gasteiger partial charge in [-0.2, -0.15) is 15.2 Å². The molecule has 0 spiro atoms. The second-order valence-electron chi connectivity index (χ2n) is 7.67. The zero-order chi connectivity index (χ0) is 21.4. The largest absolute Gasteiger partial charge is 0.351 e. The molecule has 1 N–H and O–H groups in total. The first-order valence-corrected chi connectivity index (χ1v) is 10.1. The maximum absolute atomic E-state index is 12.7. The summed E-state index contributed by atoms with van der Waals surface area (Å²) in [4.78, 5) is 25.0. The number of aromatic nitrogens is 5. The molecular weight excluding hydrogens is 392 g/mol. The number of nitrogens with zero attached hydrogens (tertiary/aromatic N) is 5. The Hall–Kier alpha value is -3.94. The maximum atomic E-state index is 12.7. The van der Waals surface area contributed by atoms with Gasteiger partial charge in [-0.15, -0.1) is 0 Å². The third kappa shape index (κ3) is 3.79. The fourth-order valence-corrected chi connectivity index (χ4v) is 3.75. The van der Waals surface area contributed by atoms with Gasteiger partial charge in [-0.05, 0) is 55.7 Å². The van der Waals surface area contributed by atoms with Crippen LogP contribution in [0.2, 0.25) is 0 Å². The van der Waals surface area contributed by atoms with E-state index in [1.165, 1.54) is 0 Å². The molecule has 3 aromatic heterocycles. The molecule has 8 heteroatoms. The third-order valence-electron chi connectivity index (χ3n) is 5.34. The van der Waals surface area contributed by atoms with E-state index in [1.807, 2.05) is 31.2 Å². The molecular formula is C23H20N6O2. The summed E-state index contributed by atoms with van der Waals surface area (Å²) in [5, 5.41) is 12.5. The van der Waals surface area contributed by atoms with E-state index in [-0.39, 0.29) is 5.78 Å². The number of hydrogen-bond donors (Lipinski definition) is 1. The molecule has 4 aromatic rings. The van der Waals surface area contributed by atoms with E-state index in [1.54, 1.807) is 19.3 Å². The predicted molar refractivity (Wildman–Crippen MR) is 116 cm³/mol. The van der Waals surface area contributed by atoms with Crippen molar-refractivity contribution in [1.29, 1.82) is 0 Å². The number of hydrogen-bond acceptors (Lipinski definition) is 7. The second-order valence-corrected chi connectivity index (χ2v) is 7.67. The molecule has 4 heterocycles. The minimum absolute atomic E-state index is 0.0722. The highest BCUT2D eigenvalue weighted by Crippen LogP contribution is 2.32. The highest BCUT2D eigenvalue weighted by molar-refractivity contribution is 6.42. The van der Waals surface area contributed by atoms with Crippen LogP contribution >= 0.6 is 0 Å². The van der Waals surface area contributed by atoms with Crippen molar-refractivity contribution >= 4 is 28.1 Å². The molecule has 0 saturated heterocycles. The minimum Gasteiger partial charge on any atom is -0.351 e. The summed E-state index contributed by atoms with van der Waals surface area (Å²) in [7, 11) is 0. The summed E-state index contributed by atoms with van der Waals surface area (Å²) in [5.74, 6) is 1.12. The Labute approximate surface area is 178 Å². The zero-order valence-corrected chi connectivity index (χ0v) is 17.2. The number of carbonyl (C=O) groups excluding carboxylic acids is 1. The molecule has 0 atom stereocenters. The van der Waals surface area contributed by atoms with E-state index < -0.39 is 0 Å². The quantitative estimate of drug-likeness (QED) is 0.511. The molecule has 0 radical (unpaired) electrons. The van der Waals surface area contributed by atoms with Crippen LogP contribution in [0.1, 0.15) is 36.7 Å². The monoisotopic (exact) mass is 412 g/mol. The molecule has 0 fully saturated rings. The van der Waals surface area contributed by atoms with Crippen LogP contribution in [-0.4, -0.2) is 36.8 Å². The highest BCUT2D eigenvalue weighted by atomic mass is 16.5. The van der Waals surface area contributed by atoms with Crippen LogP contribution in [0.5, 0.6) is 0 Å². The molecule has 0 aliphatic carbocycles. The fraction of sp³-hybridized carbons (Fsp3) is 0.217. The molecule has 1 aliphatic heterocycles. The summed E-state index contributed by atoms with van der Waals surface area (Å²) >= 11 is 0. The average molecular weight is 412 g/mol. The van der Waals surface area contributed by atoms with Gasteiger partial charge >= 0.3 is 0 Å². The standard InChI is InChI=1S/C23H20N6O2/c1-13-9-19(21(30)6-3-15-7-8-24-25-12-15)28-22(13)16-4-5-18-17(10-16)11-20(27-18)23-26-14(2)29-31-23/h4-5,7-8,10-12,27H,3,6,9H2,1-2H3. The van der Waals surface area contributed by atoms with Crippen LogP contribution in [0, 0.1) is 6.92 Å². The van der Waals surface area contributed by atoms with Crippen LogP contribution in [-0.2, 0) is 11.2 Å². The van der Waals surface area contributed by atoms with E-state index >= 15 is 0 Å². The Balaban J connectivity index is 1.36. The minimum atomic E-state index is 0.0722. The van der Waals surface area contributed by atoms with Crippen LogP contribution < -0.4 is 0 Å². The lowest BCUT2D eigenvalue weighted by atomic mass is 10.0. The summed E-state index contributed by atoms with van der Waals surface area (Å²) in [6, 6.07) is 9.94. The fourth-order valence-electron chi connectivity index (χ4n) is 3.75. The van der Waals surface area contributed by atoms with Crippen LogP contribution in [0.25, 0.3) is 28.2 Å². The normalized spacial score (nSPS) is 13.8. The van der Waals surface area contributed by atoms with Crippen molar-refractivity contribution in [2.75, 3.05) is 0 Å². The molecule has 1 aromatic carbocycles. The molecule has 5 rings (SSSR count). The molecule has 0 amide bonds. The van der Waals surface area contributed by atoms with E-state index in [4.69, 9.17) is 9.52 Å². The first-order chi connectivity index (χ1) is 15.1. The second kappa shape index (κ2) is 7.71. The molecule has 0 saturated carbocycles. The highest BCUT2D eigenvalue weighted by Gasteiger charge is 2.22.